The van der Waals surface area contributed by atoms with Gasteiger partial charge in [0.15, 0.2) is 0 Å². The van der Waals surface area contributed by atoms with E-state index < -0.39 is 6.03 Å². The molecule has 2 N–H and O–H groups in total. The van der Waals surface area contributed by atoms with Gasteiger partial charge in [-0.3, -0.25) is 9.88 Å². The molecular formula is C19H20N4O2. The number of nitrogens with one attached hydrogen (secondary N) is 2. The molecule has 2 aromatic carbocycles. The lowest BCUT2D eigenvalue weighted by Gasteiger charge is -2.15. The van der Waals surface area contributed by atoms with Crippen LogP contribution in [-0.2, 0) is 6.54 Å². The molecule has 0 unspecified atom stereocenters. The molecule has 0 aliphatic heterocycles. The minimum Gasteiger partial charge on any atom is -0.308 e. The molecule has 0 bridgehead atoms. The molecule has 0 atom stereocenters. The highest BCUT2D eigenvalue weighted by Gasteiger charge is 2.13. The van der Waals surface area contributed by atoms with E-state index in [2.05, 4.69) is 15.6 Å². The molecule has 6 nitrogen and oxygen atoms in total. The van der Waals surface area contributed by atoms with E-state index in [-0.39, 0.29) is 5.69 Å². The predicted molar refractivity (Wildman–Crippen MR) is 100 cm³/mol. The number of aromatic nitrogens is 2. The second kappa shape index (κ2) is 7.17. The zero-order chi connectivity index (χ0) is 17.8. The average Bonchev–Trinajstić information content (AvgIpc) is 2.60. The first kappa shape index (κ1) is 16.7. The van der Waals surface area contributed by atoms with Crippen molar-refractivity contribution in [3.63, 3.8) is 0 Å². The highest BCUT2D eigenvalue weighted by atomic mass is 16.2. The Hall–Kier alpha value is -3.15. The molecule has 0 spiro atoms. The van der Waals surface area contributed by atoms with Crippen molar-refractivity contribution in [2.45, 2.75) is 26.8 Å². The number of anilines is 2. The topological polar surface area (TPSA) is 76.0 Å². The number of aryl methyl sites for hydroxylation is 1. The van der Waals surface area contributed by atoms with E-state index >= 15 is 0 Å². The van der Waals surface area contributed by atoms with Crippen molar-refractivity contribution in [2.24, 2.45) is 0 Å². The van der Waals surface area contributed by atoms with Crippen molar-refractivity contribution < 1.29 is 4.79 Å². The van der Waals surface area contributed by atoms with Gasteiger partial charge in [-0.05, 0) is 37.6 Å². The quantitative estimate of drug-likeness (QED) is 0.761. The molecule has 0 saturated carbocycles. The van der Waals surface area contributed by atoms with Gasteiger partial charge >= 0.3 is 11.7 Å². The maximum Gasteiger partial charge on any atom is 0.349 e. The van der Waals surface area contributed by atoms with Gasteiger partial charge in [0.25, 0.3) is 0 Å². The Labute approximate surface area is 145 Å². The van der Waals surface area contributed by atoms with Crippen LogP contribution in [0.4, 0.5) is 16.3 Å². The Morgan fingerprint density at radius 1 is 1.08 bits per heavy atom. The van der Waals surface area contributed by atoms with Gasteiger partial charge < -0.3 is 5.32 Å². The summed E-state index contributed by atoms with van der Waals surface area (Å²) in [7, 11) is 0. The number of carbonyl (C=O) groups is 1. The SMILES string of the molecule is CCCn1c(NC(=O)Nc2ccc(C)cc2)c2ccccc2nc1=O. The molecule has 0 saturated heterocycles. The third-order valence-electron chi connectivity index (χ3n) is 3.86. The van der Waals surface area contributed by atoms with Crippen molar-refractivity contribution >= 4 is 28.4 Å². The van der Waals surface area contributed by atoms with Crippen molar-refractivity contribution in [2.75, 3.05) is 10.6 Å². The molecule has 3 aromatic rings. The molecule has 0 aliphatic carbocycles. The number of fused-ring (bicyclic) bond motifs is 1. The third kappa shape index (κ3) is 3.68. The molecule has 6 heteroatoms. The molecule has 1 heterocycles. The van der Waals surface area contributed by atoms with Gasteiger partial charge in [0.05, 0.1) is 5.52 Å². The molecular weight excluding hydrogens is 316 g/mol. The molecule has 0 aliphatic rings. The largest absolute Gasteiger partial charge is 0.349 e. The molecule has 25 heavy (non-hydrogen) atoms. The van der Waals surface area contributed by atoms with E-state index in [1.807, 2.05) is 56.3 Å². The van der Waals surface area contributed by atoms with Crippen LogP contribution >= 0.6 is 0 Å². The van der Waals surface area contributed by atoms with E-state index in [1.165, 1.54) is 4.57 Å². The normalized spacial score (nSPS) is 10.6. The fourth-order valence-electron chi connectivity index (χ4n) is 2.65. The van der Waals surface area contributed by atoms with Crippen LogP contribution < -0.4 is 16.3 Å². The number of carbonyl (C=O) groups excluding carboxylic acids is 1. The van der Waals surface area contributed by atoms with Gasteiger partial charge in [0.2, 0.25) is 0 Å². The molecule has 1 aromatic heterocycles. The number of hydrogen-bond acceptors (Lipinski definition) is 3. The Kier molecular flexibility index (Phi) is 4.79. The highest BCUT2D eigenvalue weighted by Crippen LogP contribution is 2.20. The summed E-state index contributed by atoms with van der Waals surface area (Å²) < 4.78 is 1.50. The maximum absolute atomic E-state index is 12.4. The second-order valence-electron chi connectivity index (χ2n) is 5.86. The monoisotopic (exact) mass is 336 g/mol. The number of rotatable bonds is 4. The number of nitrogens with zero attached hydrogens (tertiary/aromatic N) is 2. The van der Waals surface area contributed by atoms with E-state index in [4.69, 9.17) is 0 Å². The summed E-state index contributed by atoms with van der Waals surface area (Å²) in [5.74, 6) is 0.460. The summed E-state index contributed by atoms with van der Waals surface area (Å²) in [6.45, 7) is 4.44. The first-order chi connectivity index (χ1) is 12.1. The number of urea groups is 1. The number of amides is 2. The summed E-state index contributed by atoms with van der Waals surface area (Å²) in [5.41, 5.74) is 1.99. The van der Waals surface area contributed by atoms with Gasteiger partial charge in [0, 0.05) is 17.6 Å². The fraction of sp³-hybridized carbons (Fsp3) is 0.211. The molecule has 0 fully saturated rings. The van der Waals surface area contributed by atoms with E-state index in [1.54, 1.807) is 6.07 Å². The van der Waals surface area contributed by atoms with E-state index in [9.17, 15) is 9.59 Å². The van der Waals surface area contributed by atoms with E-state index in [0.717, 1.165) is 17.4 Å². The van der Waals surface area contributed by atoms with Gasteiger partial charge in [-0.1, -0.05) is 36.8 Å². The lowest BCUT2D eigenvalue weighted by molar-refractivity contribution is 0.262. The highest BCUT2D eigenvalue weighted by molar-refractivity contribution is 6.04. The van der Waals surface area contributed by atoms with Crippen molar-refractivity contribution in [1.29, 1.82) is 0 Å². The molecule has 2 amide bonds. The summed E-state index contributed by atoms with van der Waals surface area (Å²) in [6, 6.07) is 14.4. The fourth-order valence-corrected chi connectivity index (χ4v) is 2.65. The van der Waals surface area contributed by atoms with Crippen LogP contribution in [0, 0.1) is 6.92 Å². The van der Waals surface area contributed by atoms with Crippen LogP contribution in [0.5, 0.6) is 0 Å². The molecule has 128 valence electrons. The summed E-state index contributed by atoms with van der Waals surface area (Å²) in [6.07, 6.45) is 0.758. The minimum absolute atomic E-state index is 0.369. The summed E-state index contributed by atoms with van der Waals surface area (Å²) in [5, 5.41) is 6.33. The van der Waals surface area contributed by atoms with Crippen LogP contribution in [0.15, 0.2) is 53.3 Å². The first-order valence-corrected chi connectivity index (χ1v) is 8.22. The van der Waals surface area contributed by atoms with Crippen LogP contribution in [0.2, 0.25) is 0 Å². The van der Waals surface area contributed by atoms with Gasteiger partial charge in [-0.2, -0.15) is 4.98 Å². The summed E-state index contributed by atoms with van der Waals surface area (Å²) in [4.78, 5) is 28.8. The standard InChI is InChI=1S/C19H20N4O2/c1-3-12-23-17(15-6-4-5-7-16(15)21-19(23)25)22-18(24)20-14-10-8-13(2)9-11-14/h4-11H,3,12H2,1-2H3,(H2,20,22,24). The first-order valence-electron chi connectivity index (χ1n) is 8.22. The Bertz CT molecular complexity index is 961. The van der Waals surface area contributed by atoms with Gasteiger partial charge in [-0.25, -0.2) is 9.59 Å². The second-order valence-corrected chi connectivity index (χ2v) is 5.86. The van der Waals surface area contributed by atoms with Crippen LogP contribution in [-0.4, -0.2) is 15.6 Å². The Balaban J connectivity index is 1.96. The predicted octanol–water partition coefficient (Wildman–Crippen LogP) is 3.76. The zero-order valence-electron chi connectivity index (χ0n) is 14.2. The number of benzene rings is 2. The van der Waals surface area contributed by atoms with Crippen LogP contribution in [0.3, 0.4) is 0 Å². The van der Waals surface area contributed by atoms with Crippen molar-refractivity contribution in [3.05, 3.63) is 64.6 Å². The van der Waals surface area contributed by atoms with Crippen LogP contribution in [0.1, 0.15) is 18.9 Å². The lowest BCUT2D eigenvalue weighted by atomic mass is 10.2. The number of para-hydroxylation sites is 1. The summed E-state index contributed by atoms with van der Waals surface area (Å²) >= 11 is 0. The third-order valence-corrected chi connectivity index (χ3v) is 3.86. The lowest BCUT2D eigenvalue weighted by Crippen LogP contribution is -2.29. The number of hydrogen-bond donors (Lipinski definition) is 2. The minimum atomic E-state index is -0.399. The smallest absolute Gasteiger partial charge is 0.308 e. The van der Waals surface area contributed by atoms with Crippen molar-refractivity contribution in [1.82, 2.24) is 9.55 Å². The molecule has 3 rings (SSSR count). The van der Waals surface area contributed by atoms with Crippen LogP contribution in [0.25, 0.3) is 10.9 Å². The Morgan fingerprint density at radius 2 is 1.80 bits per heavy atom. The van der Waals surface area contributed by atoms with Crippen molar-refractivity contribution in [3.8, 4) is 0 Å². The van der Waals surface area contributed by atoms with E-state index in [0.29, 0.717) is 23.6 Å². The molecule has 0 radical (unpaired) electrons. The zero-order valence-corrected chi connectivity index (χ0v) is 14.2. The van der Waals surface area contributed by atoms with Gasteiger partial charge in [-0.15, -0.1) is 0 Å². The Morgan fingerprint density at radius 3 is 2.52 bits per heavy atom. The average molecular weight is 336 g/mol. The van der Waals surface area contributed by atoms with Gasteiger partial charge in [0.1, 0.15) is 5.82 Å². The maximum atomic E-state index is 12.4.